The van der Waals surface area contributed by atoms with E-state index in [4.69, 9.17) is 4.74 Å². The standard InChI is InChI=1S/C18H23NO2P/c1-22(2,3)19(14-16-10-6-4-7-11-16)18(20)21-15-17-12-8-5-9-13-17/h4-13H,14-15H2,1-3H3/q+1. The van der Waals surface area contributed by atoms with E-state index in [2.05, 4.69) is 20.0 Å². The Morgan fingerprint density at radius 3 is 1.91 bits per heavy atom. The third-order valence-corrected chi connectivity index (χ3v) is 5.07. The molecule has 1 amide bonds. The fraction of sp³-hybridized carbons (Fsp3) is 0.278. The first-order chi connectivity index (χ1) is 10.5. The minimum absolute atomic E-state index is 0.242. The highest BCUT2D eigenvalue weighted by atomic mass is 31.2. The second-order valence-corrected chi connectivity index (χ2v) is 10.4. The minimum Gasteiger partial charge on any atom is -0.442 e. The second kappa shape index (κ2) is 7.42. The zero-order valence-electron chi connectivity index (χ0n) is 13.4. The van der Waals surface area contributed by atoms with Crippen LogP contribution in [-0.4, -0.2) is 30.8 Å². The molecule has 0 fully saturated rings. The highest BCUT2D eigenvalue weighted by Crippen LogP contribution is 2.52. The Bertz CT molecular complexity index is 593. The van der Waals surface area contributed by atoms with Crippen LogP contribution in [0.25, 0.3) is 0 Å². The Kier molecular flexibility index (Phi) is 5.57. The van der Waals surface area contributed by atoms with Crippen molar-refractivity contribution in [3.8, 4) is 0 Å². The normalized spacial score (nSPS) is 11.0. The molecule has 0 saturated heterocycles. The van der Waals surface area contributed by atoms with Gasteiger partial charge in [0, 0.05) is 0 Å². The zero-order chi connectivity index (χ0) is 16.0. The second-order valence-electron chi connectivity index (χ2n) is 6.03. The van der Waals surface area contributed by atoms with Crippen LogP contribution in [0.1, 0.15) is 11.1 Å². The predicted octanol–water partition coefficient (Wildman–Crippen LogP) is 4.65. The highest BCUT2D eigenvalue weighted by Gasteiger charge is 2.34. The number of carbonyl (C=O) groups is 1. The van der Waals surface area contributed by atoms with E-state index in [1.54, 1.807) is 0 Å². The maximum Gasteiger partial charge on any atom is 0.442 e. The van der Waals surface area contributed by atoms with Crippen molar-refractivity contribution in [2.45, 2.75) is 13.2 Å². The number of nitrogens with zero attached hydrogens (tertiary/aromatic N) is 1. The molecule has 3 nitrogen and oxygen atoms in total. The zero-order valence-corrected chi connectivity index (χ0v) is 14.3. The van der Waals surface area contributed by atoms with Gasteiger partial charge in [-0.25, -0.2) is 4.79 Å². The van der Waals surface area contributed by atoms with Gasteiger partial charge in [-0.2, -0.15) is 4.67 Å². The van der Waals surface area contributed by atoms with Crippen molar-refractivity contribution in [2.24, 2.45) is 0 Å². The molecule has 0 aliphatic rings. The molecule has 0 saturated carbocycles. The summed E-state index contributed by atoms with van der Waals surface area (Å²) in [4.78, 5) is 12.5. The number of carbonyl (C=O) groups excluding carboxylic acids is 1. The molecule has 2 aromatic carbocycles. The molecule has 0 aromatic heterocycles. The van der Waals surface area contributed by atoms with E-state index in [9.17, 15) is 4.79 Å². The van der Waals surface area contributed by atoms with Crippen molar-refractivity contribution in [1.29, 1.82) is 0 Å². The molecular formula is C18H23NO2P+. The molecule has 0 unspecified atom stereocenters. The van der Waals surface area contributed by atoms with Gasteiger partial charge in [-0.05, 0) is 11.1 Å². The lowest BCUT2D eigenvalue weighted by Crippen LogP contribution is -2.30. The van der Waals surface area contributed by atoms with Gasteiger partial charge in [0.2, 0.25) is 0 Å². The van der Waals surface area contributed by atoms with Crippen molar-refractivity contribution >= 4 is 13.5 Å². The molecule has 0 heterocycles. The summed E-state index contributed by atoms with van der Waals surface area (Å²) >= 11 is 0. The number of benzene rings is 2. The first-order valence-electron chi connectivity index (χ1n) is 7.31. The van der Waals surface area contributed by atoms with Gasteiger partial charge in [0.05, 0.1) is 26.5 Å². The van der Waals surface area contributed by atoms with E-state index in [1.165, 1.54) is 0 Å². The predicted molar refractivity (Wildman–Crippen MR) is 93.3 cm³/mol. The van der Waals surface area contributed by atoms with Crippen LogP contribution in [0.15, 0.2) is 60.7 Å². The average molecular weight is 316 g/mol. The molecule has 22 heavy (non-hydrogen) atoms. The average Bonchev–Trinajstić information content (AvgIpc) is 2.51. The Morgan fingerprint density at radius 1 is 0.909 bits per heavy atom. The summed E-state index contributed by atoms with van der Waals surface area (Å²) in [5.41, 5.74) is 2.12. The molecule has 0 bridgehead atoms. The topological polar surface area (TPSA) is 29.5 Å². The molecule has 0 aliphatic carbocycles. The van der Waals surface area contributed by atoms with E-state index in [0.29, 0.717) is 13.2 Å². The molecule has 0 N–H and O–H groups in total. The summed E-state index contributed by atoms with van der Waals surface area (Å²) in [5.74, 6) is 0. The molecule has 0 aliphatic heterocycles. The largest absolute Gasteiger partial charge is 0.442 e. The van der Waals surface area contributed by atoms with Crippen LogP contribution in [0.4, 0.5) is 4.79 Å². The molecule has 2 aromatic rings. The van der Waals surface area contributed by atoms with E-state index in [1.807, 2.05) is 65.3 Å². The Balaban J connectivity index is 2.04. The summed E-state index contributed by atoms with van der Waals surface area (Å²) < 4.78 is 7.37. The fourth-order valence-electron chi connectivity index (χ4n) is 2.07. The van der Waals surface area contributed by atoms with Gasteiger partial charge >= 0.3 is 6.09 Å². The van der Waals surface area contributed by atoms with E-state index < -0.39 is 7.41 Å². The van der Waals surface area contributed by atoms with Crippen LogP contribution < -0.4 is 0 Å². The first kappa shape index (κ1) is 16.5. The molecule has 4 heteroatoms. The van der Waals surface area contributed by atoms with Crippen molar-refractivity contribution in [3.05, 3.63) is 71.8 Å². The molecule has 0 spiro atoms. The maximum atomic E-state index is 12.5. The third-order valence-electron chi connectivity index (χ3n) is 3.32. The van der Waals surface area contributed by atoms with Gasteiger partial charge in [0.15, 0.2) is 0 Å². The Labute approximate surface area is 133 Å². The van der Waals surface area contributed by atoms with E-state index >= 15 is 0 Å². The van der Waals surface area contributed by atoms with Gasteiger partial charge in [0.25, 0.3) is 0 Å². The van der Waals surface area contributed by atoms with Crippen LogP contribution in [0.3, 0.4) is 0 Å². The van der Waals surface area contributed by atoms with Crippen molar-refractivity contribution in [3.63, 3.8) is 0 Å². The lowest BCUT2D eigenvalue weighted by atomic mass is 10.2. The highest BCUT2D eigenvalue weighted by molar-refractivity contribution is 7.72. The lowest BCUT2D eigenvalue weighted by molar-refractivity contribution is 0.118. The molecule has 116 valence electrons. The lowest BCUT2D eigenvalue weighted by Gasteiger charge is -2.27. The van der Waals surface area contributed by atoms with Gasteiger partial charge in [0.1, 0.15) is 14.0 Å². The van der Waals surface area contributed by atoms with Crippen molar-refractivity contribution in [1.82, 2.24) is 4.67 Å². The summed E-state index contributed by atoms with van der Waals surface area (Å²) in [6.07, 6.45) is -0.242. The van der Waals surface area contributed by atoms with Crippen LogP contribution in [0.5, 0.6) is 0 Å². The Morgan fingerprint density at radius 2 is 1.41 bits per heavy atom. The van der Waals surface area contributed by atoms with Gasteiger partial charge < -0.3 is 4.74 Å². The quantitative estimate of drug-likeness (QED) is 0.752. The van der Waals surface area contributed by atoms with Gasteiger partial charge in [-0.15, -0.1) is 0 Å². The summed E-state index contributed by atoms with van der Waals surface area (Å²) in [6.45, 7) is 7.27. The molecule has 2 rings (SSSR count). The van der Waals surface area contributed by atoms with E-state index in [0.717, 1.165) is 11.1 Å². The van der Waals surface area contributed by atoms with Crippen LogP contribution >= 0.6 is 7.41 Å². The fourth-order valence-corrected chi connectivity index (χ4v) is 3.21. The van der Waals surface area contributed by atoms with Crippen molar-refractivity contribution < 1.29 is 9.53 Å². The van der Waals surface area contributed by atoms with Crippen LogP contribution in [0.2, 0.25) is 0 Å². The molecule has 0 radical (unpaired) electrons. The number of hydrogen-bond donors (Lipinski definition) is 0. The van der Waals surface area contributed by atoms with Crippen molar-refractivity contribution in [2.75, 3.05) is 20.0 Å². The Hall–Kier alpha value is -1.86. The smallest absolute Gasteiger partial charge is 0.442 e. The maximum absolute atomic E-state index is 12.5. The molecular weight excluding hydrogens is 293 g/mol. The summed E-state index contributed by atoms with van der Waals surface area (Å²) in [5, 5.41) is 0. The monoisotopic (exact) mass is 316 g/mol. The number of hydrogen-bond acceptors (Lipinski definition) is 2. The number of ether oxygens (including phenoxy) is 1. The third kappa shape index (κ3) is 4.85. The van der Waals surface area contributed by atoms with Gasteiger partial charge in [-0.3, -0.25) is 0 Å². The summed E-state index contributed by atoms with van der Waals surface area (Å²) in [7, 11) is -1.51. The van der Waals surface area contributed by atoms with Crippen LogP contribution in [0, 0.1) is 0 Å². The van der Waals surface area contributed by atoms with E-state index in [-0.39, 0.29) is 6.09 Å². The van der Waals surface area contributed by atoms with Crippen LogP contribution in [-0.2, 0) is 17.9 Å². The first-order valence-corrected chi connectivity index (χ1v) is 10.4. The SMILES string of the molecule is C[P+](C)(C)N(Cc1ccccc1)C(=O)OCc1ccccc1. The number of rotatable bonds is 5. The summed E-state index contributed by atoms with van der Waals surface area (Å²) in [6, 6.07) is 19.8. The number of amides is 1. The minimum atomic E-state index is -1.51. The molecule has 0 atom stereocenters. The van der Waals surface area contributed by atoms with Gasteiger partial charge in [-0.1, -0.05) is 60.7 Å².